The number of benzene rings is 4. The van der Waals surface area contributed by atoms with Crippen LogP contribution >= 0.6 is 0 Å². The Labute approximate surface area is 236 Å². The topological polar surface area (TPSA) is 119 Å². The monoisotopic (exact) mass is 549 g/mol. The minimum atomic E-state index is -0.748. The molecule has 0 aliphatic carbocycles. The highest BCUT2D eigenvalue weighted by Crippen LogP contribution is 2.28. The molecule has 0 unspecified atom stereocenters. The Morgan fingerprint density at radius 3 is 1.95 bits per heavy atom. The van der Waals surface area contributed by atoms with E-state index in [1.54, 1.807) is 31.2 Å². The van der Waals surface area contributed by atoms with Crippen LogP contribution in [-0.2, 0) is 0 Å². The van der Waals surface area contributed by atoms with Crippen LogP contribution in [0.3, 0.4) is 0 Å². The van der Waals surface area contributed by atoms with Crippen molar-refractivity contribution in [3.63, 3.8) is 0 Å². The summed E-state index contributed by atoms with van der Waals surface area (Å²) in [6.07, 6.45) is 0. The number of hydrogen-bond acceptors (Lipinski definition) is 7. The number of nitriles is 1. The van der Waals surface area contributed by atoms with Crippen LogP contribution in [0.1, 0.15) is 18.1 Å². The molecular formula is C34H19N3O5. The zero-order valence-electron chi connectivity index (χ0n) is 22.1. The van der Waals surface area contributed by atoms with Gasteiger partial charge < -0.3 is 8.83 Å². The third-order valence-electron chi connectivity index (χ3n) is 7.38. The lowest BCUT2D eigenvalue weighted by atomic mass is 10.0. The van der Waals surface area contributed by atoms with Crippen LogP contribution in [0.5, 0.6) is 0 Å². The van der Waals surface area contributed by atoms with Gasteiger partial charge in [0.05, 0.1) is 22.5 Å². The zero-order valence-corrected chi connectivity index (χ0v) is 22.1. The molecule has 0 aliphatic rings. The van der Waals surface area contributed by atoms with Crippen LogP contribution in [0.25, 0.3) is 54.7 Å². The molecule has 0 saturated heterocycles. The van der Waals surface area contributed by atoms with Gasteiger partial charge in [-0.1, -0.05) is 60.7 Å². The van der Waals surface area contributed by atoms with E-state index in [4.69, 9.17) is 8.83 Å². The highest BCUT2D eigenvalue weighted by molar-refractivity contribution is 6.09. The van der Waals surface area contributed by atoms with E-state index in [0.717, 1.165) is 26.2 Å². The van der Waals surface area contributed by atoms with E-state index in [0.29, 0.717) is 21.9 Å². The molecular weight excluding hydrogens is 530 g/mol. The number of nitrogens with zero attached hydrogens (tertiary/aromatic N) is 3. The fourth-order valence-electron chi connectivity index (χ4n) is 5.29. The van der Waals surface area contributed by atoms with Crippen LogP contribution in [0, 0.1) is 11.3 Å². The second-order valence-electron chi connectivity index (χ2n) is 9.84. The summed E-state index contributed by atoms with van der Waals surface area (Å²) in [6, 6.07) is 30.6. The van der Waals surface area contributed by atoms with Crippen LogP contribution in [0.2, 0.25) is 0 Å². The maximum Gasteiger partial charge on any atom is 0.345 e. The van der Waals surface area contributed by atoms with Gasteiger partial charge in [-0.15, -0.1) is 0 Å². The molecule has 42 heavy (non-hydrogen) atoms. The van der Waals surface area contributed by atoms with Crippen molar-refractivity contribution in [1.82, 2.24) is 4.68 Å². The Balaban J connectivity index is 1.48. The lowest BCUT2D eigenvalue weighted by Crippen LogP contribution is -2.24. The summed E-state index contributed by atoms with van der Waals surface area (Å²) in [5.41, 5.74) is -0.951. The summed E-state index contributed by atoms with van der Waals surface area (Å²) in [5.74, 6) is 0. The molecule has 0 radical (unpaired) electrons. The molecule has 200 valence electrons. The van der Waals surface area contributed by atoms with Gasteiger partial charge in [-0.25, -0.2) is 9.59 Å². The molecule has 0 bridgehead atoms. The summed E-state index contributed by atoms with van der Waals surface area (Å²) in [6.45, 7) is 1.56. The Hall–Kier alpha value is -6.07. The molecule has 8 nitrogen and oxygen atoms in total. The van der Waals surface area contributed by atoms with Crippen molar-refractivity contribution in [1.29, 1.82) is 5.26 Å². The highest BCUT2D eigenvalue weighted by atomic mass is 16.4. The first-order valence-corrected chi connectivity index (χ1v) is 13.1. The Morgan fingerprint density at radius 1 is 0.714 bits per heavy atom. The van der Waals surface area contributed by atoms with E-state index < -0.39 is 16.8 Å². The third kappa shape index (κ3) is 3.92. The van der Waals surface area contributed by atoms with Gasteiger partial charge >= 0.3 is 11.3 Å². The molecule has 7 rings (SSSR count). The Bertz CT molecular complexity index is 2510. The van der Waals surface area contributed by atoms with Crippen molar-refractivity contribution in [2.45, 2.75) is 6.92 Å². The van der Waals surface area contributed by atoms with Gasteiger partial charge in [-0.05, 0) is 64.9 Å². The predicted octanol–water partition coefficient (Wildman–Crippen LogP) is 6.18. The molecule has 0 aliphatic heterocycles. The molecule has 7 aromatic rings. The van der Waals surface area contributed by atoms with Crippen molar-refractivity contribution in [3.05, 3.63) is 139 Å². The van der Waals surface area contributed by atoms with Gasteiger partial charge in [0.25, 0.3) is 5.56 Å². The maximum absolute atomic E-state index is 13.4. The highest BCUT2D eigenvalue weighted by Gasteiger charge is 2.18. The maximum atomic E-state index is 13.4. The second-order valence-corrected chi connectivity index (χ2v) is 9.84. The molecule has 0 spiro atoms. The third-order valence-corrected chi connectivity index (χ3v) is 7.38. The average molecular weight is 550 g/mol. The van der Waals surface area contributed by atoms with Crippen molar-refractivity contribution >= 4 is 49.2 Å². The van der Waals surface area contributed by atoms with Crippen LogP contribution in [0.15, 0.2) is 125 Å². The number of fused-ring (bicyclic) bond motifs is 6. The molecule has 0 N–H and O–H groups in total. The molecule has 0 fully saturated rings. The second kappa shape index (κ2) is 9.54. The summed E-state index contributed by atoms with van der Waals surface area (Å²) >= 11 is 0. The molecule has 0 atom stereocenters. The lowest BCUT2D eigenvalue weighted by molar-refractivity contribution is 0.559. The van der Waals surface area contributed by atoms with Crippen LogP contribution in [-0.4, -0.2) is 10.4 Å². The van der Waals surface area contributed by atoms with Crippen LogP contribution in [0.4, 0.5) is 0 Å². The number of rotatable bonds is 3. The van der Waals surface area contributed by atoms with Gasteiger partial charge in [-0.2, -0.15) is 15.0 Å². The van der Waals surface area contributed by atoms with Gasteiger partial charge in [0.1, 0.15) is 22.8 Å². The van der Waals surface area contributed by atoms with Gasteiger partial charge in [0.2, 0.25) is 0 Å². The SMILES string of the molecule is CC(=Nn1c(-c2cc3c(ccc4ccccc43)oc2=O)ccc(C#N)c1=O)c1cc2c(ccc3ccccc32)oc1=O. The fraction of sp³-hybridized carbons (Fsp3) is 0.0294. The number of hydrogen-bond donors (Lipinski definition) is 0. The lowest BCUT2D eigenvalue weighted by Gasteiger charge is -2.11. The molecule has 3 aromatic heterocycles. The van der Waals surface area contributed by atoms with E-state index >= 15 is 0 Å². The van der Waals surface area contributed by atoms with E-state index in [2.05, 4.69) is 5.10 Å². The van der Waals surface area contributed by atoms with E-state index in [9.17, 15) is 19.6 Å². The molecule has 3 heterocycles. The van der Waals surface area contributed by atoms with Gasteiger partial charge in [-0.3, -0.25) is 4.79 Å². The van der Waals surface area contributed by atoms with Crippen molar-refractivity contribution < 1.29 is 8.83 Å². The number of pyridine rings is 1. The smallest absolute Gasteiger partial charge is 0.345 e. The van der Waals surface area contributed by atoms with Crippen molar-refractivity contribution in [2.75, 3.05) is 0 Å². The zero-order chi connectivity index (χ0) is 29.0. The van der Waals surface area contributed by atoms with E-state index in [-0.39, 0.29) is 28.1 Å². The average Bonchev–Trinajstić information content (AvgIpc) is 3.01. The van der Waals surface area contributed by atoms with Gasteiger partial charge in [0, 0.05) is 10.8 Å². The first kappa shape index (κ1) is 24.9. The predicted molar refractivity (Wildman–Crippen MR) is 162 cm³/mol. The molecule has 0 amide bonds. The minimum absolute atomic E-state index is 0.0773. The number of aromatic nitrogens is 1. The molecule has 4 aromatic carbocycles. The first-order valence-electron chi connectivity index (χ1n) is 13.1. The largest absolute Gasteiger partial charge is 0.422 e. The molecule has 0 saturated carbocycles. The fourth-order valence-corrected chi connectivity index (χ4v) is 5.29. The van der Waals surface area contributed by atoms with E-state index in [1.807, 2.05) is 66.7 Å². The Kier molecular flexibility index (Phi) is 5.66. The van der Waals surface area contributed by atoms with Gasteiger partial charge in [0.15, 0.2) is 0 Å². The van der Waals surface area contributed by atoms with Crippen molar-refractivity contribution in [2.24, 2.45) is 5.10 Å². The Morgan fingerprint density at radius 2 is 1.31 bits per heavy atom. The quantitative estimate of drug-likeness (QED) is 0.148. The van der Waals surface area contributed by atoms with Crippen LogP contribution < -0.4 is 16.8 Å². The first-order chi connectivity index (χ1) is 20.4. The van der Waals surface area contributed by atoms with Crippen molar-refractivity contribution in [3.8, 4) is 17.3 Å². The van der Waals surface area contributed by atoms with E-state index in [1.165, 1.54) is 12.1 Å². The summed E-state index contributed by atoms with van der Waals surface area (Å²) in [5, 5.41) is 19.1. The summed E-state index contributed by atoms with van der Waals surface area (Å²) in [4.78, 5) is 39.7. The summed E-state index contributed by atoms with van der Waals surface area (Å²) in [7, 11) is 0. The normalized spacial score (nSPS) is 11.9. The molecule has 8 heteroatoms. The minimum Gasteiger partial charge on any atom is -0.422 e. The standard InChI is InChI=1S/C34H19N3O5/c1-19(25-16-26-23-8-4-2-6-20(23)11-14-30(26)41-33(25)39)36-37-29(13-10-22(18-35)32(37)38)28-17-27-24-9-5-3-7-21(24)12-15-31(27)42-34(28)40/h2-17H,1H3. The summed E-state index contributed by atoms with van der Waals surface area (Å²) < 4.78 is 12.2.